The molecule has 1 aromatic heterocycles. The third-order valence-corrected chi connectivity index (χ3v) is 2.19. The fourth-order valence-corrected chi connectivity index (χ4v) is 1.24. The zero-order valence-electron chi connectivity index (χ0n) is 8.28. The lowest BCUT2D eigenvalue weighted by Crippen LogP contribution is -2.07. The van der Waals surface area contributed by atoms with E-state index in [0.29, 0.717) is 4.47 Å². The Bertz CT molecular complexity index is 366. The Morgan fingerprint density at radius 2 is 2.20 bits per heavy atom. The van der Waals surface area contributed by atoms with Gasteiger partial charge in [0.2, 0.25) is 0 Å². The smallest absolute Gasteiger partial charge is 0.265 e. The van der Waals surface area contributed by atoms with Crippen LogP contribution in [-0.2, 0) is 0 Å². The predicted molar refractivity (Wildman–Crippen MR) is 58.7 cm³/mol. The van der Waals surface area contributed by atoms with Crippen LogP contribution in [0.15, 0.2) is 21.7 Å². The summed E-state index contributed by atoms with van der Waals surface area (Å²) in [5.41, 5.74) is -0.101. The molecule has 0 fully saturated rings. The highest BCUT2D eigenvalue weighted by molar-refractivity contribution is 9.10. The van der Waals surface area contributed by atoms with E-state index in [0.717, 1.165) is 0 Å². The van der Waals surface area contributed by atoms with Crippen molar-refractivity contribution in [2.45, 2.75) is 6.43 Å². The van der Waals surface area contributed by atoms with Crippen LogP contribution in [0.25, 0.3) is 0 Å². The van der Waals surface area contributed by atoms with E-state index in [4.69, 9.17) is 0 Å². The third kappa shape index (κ3) is 3.54. The summed E-state index contributed by atoms with van der Waals surface area (Å²) < 4.78 is 25.3. The van der Waals surface area contributed by atoms with Crippen molar-refractivity contribution in [2.24, 2.45) is 4.99 Å². The topological polar surface area (TPSA) is 28.5 Å². The first-order valence-corrected chi connectivity index (χ1v) is 4.94. The first-order valence-electron chi connectivity index (χ1n) is 4.15. The van der Waals surface area contributed by atoms with E-state index in [9.17, 15) is 8.78 Å². The lowest BCUT2D eigenvalue weighted by molar-refractivity contribution is 0.150. The number of nitrogens with zero attached hydrogens (tertiary/aromatic N) is 3. The van der Waals surface area contributed by atoms with Gasteiger partial charge in [0.05, 0.1) is 6.34 Å². The number of rotatable bonds is 3. The molecule has 0 aliphatic carbocycles. The standard InChI is InChI=1S/C9H10BrF2N3/c1-15(2)5-14-8-3-6(9(11)12)7(10)4-13-8/h3-5,9H,1-2H3. The Hall–Kier alpha value is -1.04. The van der Waals surface area contributed by atoms with Gasteiger partial charge in [-0.05, 0) is 22.0 Å². The molecule has 0 amide bonds. The van der Waals surface area contributed by atoms with Crippen LogP contribution in [0.5, 0.6) is 0 Å². The van der Waals surface area contributed by atoms with Gasteiger partial charge in [0.1, 0.15) is 0 Å². The zero-order valence-corrected chi connectivity index (χ0v) is 9.87. The van der Waals surface area contributed by atoms with Crippen molar-refractivity contribution in [1.29, 1.82) is 0 Å². The Balaban J connectivity index is 2.97. The highest BCUT2D eigenvalue weighted by atomic mass is 79.9. The maximum Gasteiger partial charge on any atom is 0.265 e. The van der Waals surface area contributed by atoms with E-state index in [2.05, 4.69) is 25.9 Å². The van der Waals surface area contributed by atoms with E-state index in [-0.39, 0.29) is 11.4 Å². The van der Waals surface area contributed by atoms with Gasteiger partial charge in [-0.15, -0.1) is 0 Å². The quantitative estimate of drug-likeness (QED) is 0.628. The summed E-state index contributed by atoms with van der Waals surface area (Å²) >= 11 is 3.01. The average molecular weight is 278 g/mol. The lowest BCUT2D eigenvalue weighted by atomic mass is 10.3. The maximum absolute atomic E-state index is 12.5. The number of aliphatic imine (C=N–C) groups is 1. The summed E-state index contributed by atoms with van der Waals surface area (Å²) in [6, 6.07) is 1.26. The second kappa shape index (κ2) is 5.16. The molecule has 0 aliphatic rings. The molecule has 0 atom stereocenters. The summed E-state index contributed by atoms with van der Waals surface area (Å²) in [4.78, 5) is 9.51. The fraction of sp³-hybridized carbons (Fsp3) is 0.333. The van der Waals surface area contributed by atoms with Crippen LogP contribution in [0, 0.1) is 0 Å². The highest BCUT2D eigenvalue weighted by Crippen LogP contribution is 2.28. The van der Waals surface area contributed by atoms with Gasteiger partial charge in [0, 0.05) is 30.3 Å². The van der Waals surface area contributed by atoms with E-state index in [1.165, 1.54) is 18.6 Å². The monoisotopic (exact) mass is 277 g/mol. The van der Waals surface area contributed by atoms with Crippen molar-refractivity contribution in [3.63, 3.8) is 0 Å². The van der Waals surface area contributed by atoms with Crippen molar-refractivity contribution in [1.82, 2.24) is 9.88 Å². The molecule has 0 saturated carbocycles. The normalized spacial score (nSPS) is 11.3. The summed E-state index contributed by atoms with van der Waals surface area (Å²) in [5, 5.41) is 0. The molecule has 6 heteroatoms. The third-order valence-electron chi connectivity index (χ3n) is 1.53. The first-order chi connectivity index (χ1) is 7.00. The van der Waals surface area contributed by atoms with Gasteiger partial charge in [-0.2, -0.15) is 0 Å². The Kier molecular flexibility index (Phi) is 4.14. The SMILES string of the molecule is CN(C)C=Nc1cc(C(F)F)c(Br)cn1. The molecule has 3 nitrogen and oxygen atoms in total. The number of halogens is 3. The van der Waals surface area contributed by atoms with Crippen LogP contribution in [0.2, 0.25) is 0 Å². The fourth-order valence-electron chi connectivity index (χ4n) is 0.855. The zero-order chi connectivity index (χ0) is 11.4. The highest BCUT2D eigenvalue weighted by Gasteiger charge is 2.12. The molecule has 0 spiro atoms. The maximum atomic E-state index is 12.5. The number of hydrogen-bond acceptors (Lipinski definition) is 2. The van der Waals surface area contributed by atoms with Crippen LogP contribution >= 0.6 is 15.9 Å². The molecule has 0 bridgehead atoms. The minimum absolute atomic E-state index is 0.101. The number of hydrogen-bond donors (Lipinski definition) is 0. The lowest BCUT2D eigenvalue weighted by Gasteiger charge is -2.04. The summed E-state index contributed by atoms with van der Waals surface area (Å²) in [5.74, 6) is 0.266. The molecule has 15 heavy (non-hydrogen) atoms. The molecular weight excluding hydrogens is 268 g/mol. The molecule has 1 rings (SSSR count). The van der Waals surface area contributed by atoms with Crippen LogP contribution < -0.4 is 0 Å². The van der Waals surface area contributed by atoms with Crippen molar-refractivity contribution >= 4 is 28.1 Å². The molecule has 0 aromatic carbocycles. The number of pyridine rings is 1. The average Bonchev–Trinajstić information content (AvgIpc) is 2.16. The molecule has 1 aromatic rings. The summed E-state index contributed by atoms with van der Waals surface area (Å²) in [7, 11) is 3.58. The van der Waals surface area contributed by atoms with Gasteiger partial charge < -0.3 is 4.90 Å². The van der Waals surface area contributed by atoms with Gasteiger partial charge in [-0.1, -0.05) is 0 Å². The van der Waals surface area contributed by atoms with Gasteiger partial charge in [-0.25, -0.2) is 18.8 Å². The van der Waals surface area contributed by atoms with Crippen molar-refractivity contribution < 1.29 is 8.78 Å². The van der Waals surface area contributed by atoms with E-state index in [1.807, 2.05) is 0 Å². The van der Waals surface area contributed by atoms with Crippen LogP contribution in [0.3, 0.4) is 0 Å². The molecule has 0 saturated heterocycles. The largest absolute Gasteiger partial charge is 0.369 e. The summed E-state index contributed by atoms with van der Waals surface area (Å²) in [6.07, 6.45) is 0.297. The Morgan fingerprint density at radius 1 is 1.53 bits per heavy atom. The molecule has 0 N–H and O–H groups in total. The number of alkyl halides is 2. The molecule has 1 heterocycles. The van der Waals surface area contributed by atoms with Crippen LogP contribution in [0.1, 0.15) is 12.0 Å². The van der Waals surface area contributed by atoms with Crippen molar-refractivity contribution in [3.05, 3.63) is 22.3 Å². The molecular formula is C9H10BrF2N3. The van der Waals surface area contributed by atoms with Gasteiger partial charge in [0.15, 0.2) is 5.82 Å². The van der Waals surface area contributed by atoms with Crippen LogP contribution in [0.4, 0.5) is 14.6 Å². The van der Waals surface area contributed by atoms with Gasteiger partial charge in [-0.3, -0.25) is 0 Å². The minimum Gasteiger partial charge on any atom is -0.369 e. The predicted octanol–water partition coefficient (Wildman–Crippen LogP) is 3.00. The molecule has 82 valence electrons. The van der Waals surface area contributed by atoms with Gasteiger partial charge in [0.25, 0.3) is 6.43 Å². The summed E-state index contributed by atoms with van der Waals surface area (Å²) in [6.45, 7) is 0. The van der Waals surface area contributed by atoms with Gasteiger partial charge >= 0.3 is 0 Å². The van der Waals surface area contributed by atoms with Crippen molar-refractivity contribution in [2.75, 3.05) is 14.1 Å². The Morgan fingerprint density at radius 3 is 2.73 bits per heavy atom. The molecule has 0 aliphatic heterocycles. The Labute approximate surface area is 95.0 Å². The van der Waals surface area contributed by atoms with Crippen molar-refractivity contribution in [3.8, 4) is 0 Å². The minimum atomic E-state index is -2.53. The van der Waals surface area contributed by atoms with E-state index in [1.54, 1.807) is 19.0 Å². The number of aromatic nitrogens is 1. The van der Waals surface area contributed by atoms with E-state index < -0.39 is 6.43 Å². The molecule has 0 radical (unpaired) electrons. The van der Waals surface area contributed by atoms with Crippen LogP contribution in [-0.4, -0.2) is 30.3 Å². The molecule has 0 unspecified atom stereocenters. The first kappa shape index (κ1) is 12.0. The second-order valence-electron chi connectivity index (χ2n) is 3.07. The van der Waals surface area contributed by atoms with E-state index >= 15 is 0 Å². The second-order valence-corrected chi connectivity index (χ2v) is 3.93.